The van der Waals surface area contributed by atoms with Crippen LogP contribution in [0.2, 0.25) is 0 Å². The predicted octanol–water partition coefficient (Wildman–Crippen LogP) is 12.8. The van der Waals surface area contributed by atoms with Gasteiger partial charge in [0, 0.05) is 51.2 Å². The van der Waals surface area contributed by atoms with Gasteiger partial charge in [-0.3, -0.25) is 0 Å². The molecule has 0 saturated heterocycles. The number of para-hydroxylation sites is 5. The Morgan fingerprint density at radius 2 is 0.605 bits per heavy atom. The maximum absolute atomic E-state index is 2.43. The van der Waals surface area contributed by atoms with Crippen LogP contribution in [-0.4, -0.2) is 20.1 Å². The molecule has 6 heterocycles. The molecule has 0 bridgehead atoms. The summed E-state index contributed by atoms with van der Waals surface area (Å²) >= 11 is 0. The van der Waals surface area contributed by atoms with Gasteiger partial charge < -0.3 is 14.7 Å². The van der Waals surface area contributed by atoms with Crippen molar-refractivity contribution < 1.29 is 0 Å². The highest BCUT2D eigenvalue weighted by atomic mass is 15.2. The first-order chi connectivity index (χ1) is 40.0. The number of rotatable bonds is 3. The van der Waals surface area contributed by atoms with E-state index < -0.39 is 0 Å². The lowest BCUT2D eigenvalue weighted by atomic mass is 9.36. The van der Waals surface area contributed by atoms with Crippen molar-refractivity contribution in [2.45, 2.75) is 20.8 Å². The van der Waals surface area contributed by atoms with E-state index in [2.05, 4.69) is 308 Å². The molecule has 0 unspecified atom stereocenters. The third-order valence-electron chi connectivity index (χ3n) is 17.9. The summed E-state index contributed by atoms with van der Waals surface area (Å²) in [7, 11) is 0. The van der Waals surface area contributed by atoms with Crippen LogP contribution in [0.25, 0.3) is 33.4 Å². The number of benzene rings is 12. The van der Waals surface area contributed by atoms with Crippen LogP contribution in [0.15, 0.2) is 273 Å². The van der Waals surface area contributed by atoms with Crippen LogP contribution in [0.4, 0.5) is 51.2 Å². The molecule has 378 valence electrons. The van der Waals surface area contributed by atoms with Crippen molar-refractivity contribution in [2.24, 2.45) is 0 Å². The molecule has 6 aliphatic heterocycles. The SMILES string of the molecule is Cc1ccc2c(c1)-c1cccc3c1B2c1ccccc1N3c1ccccc1.Cc1cccc2c1-c1cccc3c1B2c1ccccc1N3c1ccccc1.Cc1cccc2c1B1c3ccccc3-c3cccc(c31)N2c1ccccc1. The Bertz CT molecular complexity index is 4500. The molecule has 0 atom stereocenters. The van der Waals surface area contributed by atoms with Crippen molar-refractivity contribution in [1.82, 2.24) is 0 Å². The number of fused-ring (bicyclic) bond motifs is 15. The third kappa shape index (κ3) is 7.12. The van der Waals surface area contributed by atoms with Gasteiger partial charge in [0.15, 0.2) is 0 Å². The lowest BCUT2D eigenvalue weighted by Gasteiger charge is -2.36. The quantitative estimate of drug-likeness (QED) is 0.163. The zero-order chi connectivity index (χ0) is 53.9. The molecular weight excluding hydrogens is 975 g/mol. The van der Waals surface area contributed by atoms with Gasteiger partial charge in [-0.25, -0.2) is 0 Å². The first kappa shape index (κ1) is 47.3. The van der Waals surface area contributed by atoms with Crippen LogP contribution in [0.3, 0.4) is 0 Å². The van der Waals surface area contributed by atoms with E-state index in [1.165, 1.54) is 150 Å². The molecule has 0 N–H and O–H groups in total. The van der Waals surface area contributed by atoms with Crippen LogP contribution >= 0.6 is 0 Å². The number of anilines is 9. The van der Waals surface area contributed by atoms with E-state index in [9.17, 15) is 0 Å². The Morgan fingerprint density at radius 3 is 1.20 bits per heavy atom. The summed E-state index contributed by atoms with van der Waals surface area (Å²) < 4.78 is 0. The minimum absolute atomic E-state index is 0.322. The van der Waals surface area contributed by atoms with Gasteiger partial charge in [0.05, 0.1) is 0 Å². The molecule has 0 saturated carbocycles. The molecule has 0 radical (unpaired) electrons. The minimum Gasteiger partial charge on any atom is -0.312 e. The largest absolute Gasteiger partial charge is 0.312 e. The van der Waals surface area contributed by atoms with Crippen molar-refractivity contribution in [3.8, 4) is 33.4 Å². The van der Waals surface area contributed by atoms with Crippen molar-refractivity contribution in [3.63, 3.8) is 0 Å². The monoisotopic (exact) mass is 1030 g/mol. The topological polar surface area (TPSA) is 9.72 Å². The second kappa shape index (κ2) is 18.7. The summed E-state index contributed by atoms with van der Waals surface area (Å²) in [4.78, 5) is 7.28. The lowest BCUT2D eigenvalue weighted by molar-refractivity contribution is 1.28. The fourth-order valence-electron chi connectivity index (χ4n) is 14.8. The predicted molar refractivity (Wildman–Crippen MR) is 348 cm³/mol. The van der Waals surface area contributed by atoms with Crippen LogP contribution in [0, 0.1) is 20.8 Å². The summed E-state index contributed by atoms with van der Waals surface area (Å²) in [6.07, 6.45) is 0. The summed E-state index contributed by atoms with van der Waals surface area (Å²) in [5.74, 6) is 0. The molecule has 0 spiro atoms. The van der Waals surface area contributed by atoms with E-state index in [4.69, 9.17) is 0 Å². The Morgan fingerprint density at radius 1 is 0.235 bits per heavy atom. The summed E-state index contributed by atoms with van der Waals surface area (Å²) in [6.45, 7) is 7.63. The molecule has 12 aromatic rings. The van der Waals surface area contributed by atoms with E-state index in [-0.39, 0.29) is 0 Å². The molecule has 0 fully saturated rings. The van der Waals surface area contributed by atoms with Gasteiger partial charge in [-0.1, -0.05) is 228 Å². The van der Waals surface area contributed by atoms with Crippen LogP contribution in [0.5, 0.6) is 0 Å². The Labute approximate surface area is 476 Å². The van der Waals surface area contributed by atoms with Gasteiger partial charge in [0.1, 0.15) is 0 Å². The third-order valence-corrected chi connectivity index (χ3v) is 17.9. The standard InChI is InChI=1S/3C25H18BN/c1-17-9-7-14-21-24(17)19-12-8-16-23-25(19)26(21)20-13-5-6-15-22(20)27(23)18-10-3-2-4-11-18;1-17-9-7-15-22-24(17)26-21-14-6-5-12-19(21)20-13-8-16-23(25(20)26)27(22)18-10-3-2-4-11-18;1-17-14-15-21-20(16-17)19-10-7-13-24-25(19)26(21)22-11-5-6-12-23(22)27(24)18-8-3-2-4-9-18/h3*2-16H,1H3. The molecule has 0 aromatic heterocycles. The molecule has 81 heavy (non-hydrogen) atoms. The fourth-order valence-corrected chi connectivity index (χ4v) is 14.8. The van der Waals surface area contributed by atoms with Gasteiger partial charge >= 0.3 is 0 Å². The van der Waals surface area contributed by atoms with Crippen molar-refractivity contribution in [2.75, 3.05) is 14.7 Å². The van der Waals surface area contributed by atoms with Crippen LogP contribution in [-0.2, 0) is 0 Å². The van der Waals surface area contributed by atoms with E-state index in [0.717, 1.165) is 0 Å². The van der Waals surface area contributed by atoms with Gasteiger partial charge in [-0.2, -0.15) is 0 Å². The maximum atomic E-state index is 2.43. The van der Waals surface area contributed by atoms with E-state index in [1.807, 2.05) is 0 Å². The molecule has 18 rings (SSSR count). The highest BCUT2D eigenvalue weighted by molar-refractivity contribution is 7.03. The fraction of sp³-hybridized carbons (Fsp3) is 0.0400. The average Bonchev–Trinajstić information content (AvgIpc) is 2.68. The van der Waals surface area contributed by atoms with Crippen molar-refractivity contribution >= 4 is 120 Å². The van der Waals surface area contributed by atoms with E-state index in [0.29, 0.717) is 20.1 Å². The Balaban J connectivity index is 0.000000100. The Kier molecular flexibility index (Phi) is 10.9. The summed E-state index contributed by atoms with van der Waals surface area (Å²) in [5.41, 5.74) is 36.7. The molecule has 12 aromatic carbocycles. The first-order valence-electron chi connectivity index (χ1n) is 28.5. The van der Waals surface area contributed by atoms with E-state index in [1.54, 1.807) is 0 Å². The maximum Gasteiger partial charge on any atom is 0.248 e. The van der Waals surface area contributed by atoms with E-state index >= 15 is 0 Å². The van der Waals surface area contributed by atoms with Gasteiger partial charge in [0.2, 0.25) is 20.1 Å². The lowest BCUT2D eigenvalue weighted by Crippen LogP contribution is -2.55. The van der Waals surface area contributed by atoms with Crippen LogP contribution < -0.4 is 63.9 Å². The molecule has 0 aliphatic carbocycles. The minimum atomic E-state index is 0.322. The number of aryl methyl sites for hydroxylation is 3. The molecule has 3 nitrogen and oxygen atoms in total. The molecule has 6 heteroatoms. The second-order valence-electron chi connectivity index (χ2n) is 22.4. The molecule has 6 aliphatic rings. The highest BCUT2D eigenvalue weighted by Crippen LogP contribution is 2.44. The highest BCUT2D eigenvalue weighted by Gasteiger charge is 2.45. The van der Waals surface area contributed by atoms with Crippen LogP contribution in [0.1, 0.15) is 16.7 Å². The first-order valence-corrected chi connectivity index (χ1v) is 28.5. The average molecular weight is 1030 g/mol. The number of hydrogen-bond acceptors (Lipinski definition) is 3. The zero-order valence-corrected chi connectivity index (χ0v) is 45.6. The molecular formula is C75H54B3N3. The van der Waals surface area contributed by atoms with Crippen molar-refractivity contribution in [1.29, 1.82) is 0 Å². The normalized spacial score (nSPS) is 13.2. The van der Waals surface area contributed by atoms with Gasteiger partial charge in [-0.05, 0) is 165 Å². The van der Waals surface area contributed by atoms with Gasteiger partial charge in [-0.15, -0.1) is 0 Å². The second-order valence-corrected chi connectivity index (χ2v) is 22.4. The Hall–Kier alpha value is -9.77. The van der Waals surface area contributed by atoms with Crippen molar-refractivity contribution in [3.05, 3.63) is 290 Å². The summed E-state index contributed by atoms with van der Waals surface area (Å²) in [6, 6.07) is 99.4. The number of nitrogens with zero attached hydrogens (tertiary/aromatic N) is 3. The molecule has 0 amide bonds. The number of hydrogen-bond donors (Lipinski definition) is 0. The zero-order valence-electron chi connectivity index (χ0n) is 45.6. The summed E-state index contributed by atoms with van der Waals surface area (Å²) in [5, 5.41) is 0. The van der Waals surface area contributed by atoms with Gasteiger partial charge in [0.25, 0.3) is 0 Å². The smallest absolute Gasteiger partial charge is 0.248 e.